The lowest BCUT2D eigenvalue weighted by atomic mass is 9.90. The molecule has 1 aliphatic heterocycles. The van der Waals surface area contributed by atoms with Crippen LogP contribution < -0.4 is 20.9 Å². The Morgan fingerprint density at radius 3 is 2.59 bits per heavy atom. The predicted molar refractivity (Wildman–Crippen MR) is 175 cm³/mol. The van der Waals surface area contributed by atoms with Crippen LogP contribution in [0.5, 0.6) is 5.75 Å². The van der Waals surface area contributed by atoms with E-state index in [2.05, 4.69) is 10.6 Å². The minimum absolute atomic E-state index is 0.0838. The fraction of sp³-hybridized carbons (Fsp3) is 0.382. The molecule has 2 aromatic heterocycles. The number of likely N-dealkylation sites (tertiary alicyclic amines) is 1. The number of carbonyl (C=O) groups excluding carboxylic acids is 2. The molecular formula is C34H37F2N5O4S. The molecule has 2 N–H and O–H groups in total. The first-order valence-electron chi connectivity index (χ1n) is 15.5. The highest BCUT2D eigenvalue weighted by molar-refractivity contribution is 7.17. The van der Waals surface area contributed by atoms with Crippen LogP contribution in [-0.4, -0.2) is 52.8 Å². The van der Waals surface area contributed by atoms with E-state index in [0.29, 0.717) is 40.6 Å². The van der Waals surface area contributed by atoms with E-state index < -0.39 is 17.5 Å². The molecule has 2 aromatic carbocycles. The second kappa shape index (κ2) is 13.2. The lowest BCUT2D eigenvalue weighted by molar-refractivity contribution is -0.117. The molecule has 2 amide bonds. The zero-order valence-electron chi connectivity index (χ0n) is 26.1. The van der Waals surface area contributed by atoms with Crippen molar-refractivity contribution < 1.29 is 23.1 Å². The van der Waals surface area contributed by atoms with Crippen molar-refractivity contribution in [3.05, 3.63) is 91.7 Å². The van der Waals surface area contributed by atoms with Crippen LogP contribution in [0.1, 0.15) is 63.7 Å². The van der Waals surface area contributed by atoms with E-state index in [1.165, 1.54) is 35.3 Å². The fourth-order valence-electron chi connectivity index (χ4n) is 6.59. The summed E-state index contributed by atoms with van der Waals surface area (Å²) in [5.41, 5.74) is 3.11. The number of nitrogens with zero attached hydrogens (tertiary/aromatic N) is 3. The summed E-state index contributed by atoms with van der Waals surface area (Å²) < 4.78 is 36.5. The van der Waals surface area contributed by atoms with E-state index in [1.54, 1.807) is 18.7 Å². The number of ether oxygens (including phenoxy) is 1. The number of fused-ring (bicyclic) bond motifs is 1. The summed E-state index contributed by atoms with van der Waals surface area (Å²) in [6.07, 6.45) is 5.05. The number of hydrogen-bond donors (Lipinski definition) is 2. The summed E-state index contributed by atoms with van der Waals surface area (Å²) in [5.74, 6) is -2.89. The Hall–Kier alpha value is -4.29. The first-order valence-corrected chi connectivity index (χ1v) is 16.3. The SMILES string of the molecule is COc1cc(C2CCCN(CC(=O)Nc3sc4c(c3C(=O)Nc3c(C)n(C)n(-c5ccccc5)c3=O)CCCC4)C2)cc(F)c1F. The van der Waals surface area contributed by atoms with Crippen LogP contribution in [0.2, 0.25) is 0 Å². The number of benzene rings is 2. The highest BCUT2D eigenvalue weighted by atomic mass is 32.1. The smallest absolute Gasteiger partial charge is 0.295 e. The summed E-state index contributed by atoms with van der Waals surface area (Å²) in [6.45, 7) is 3.04. The van der Waals surface area contributed by atoms with Gasteiger partial charge in [0.25, 0.3) is 11.5 Å². The van der Waals surface area contributed by atoms with Crippen LogP contribution in [0.3, 0.4) is 0 Å². The molecule has 3 heterocycles. The van der Waals surface area contributed by atoms with Crippen LogP contribution in [0.15, 0.2) is 47.3 Å². The van der Waals surface area contributed by atoms with Crippen molar-refractivity contribution in [3.8, 4) is 11.4 Å². The van der Waals surface area contributed by atoms with Crippen molar-refractivity contribution in [1.29, 1.82) is 0 Å². The molecule has 6 rings (SSSR count). The molecule has 0 spiro atoms. The van der Waals surface area contributed by atoms with Gasteiger partial charge in [-0.15, -0.1) is 11.3 Å². The van der Waals surface area contributed by atoms with Gasteiger partial charge in [-0.05, 0) is 93.3 Å². The third kappa shape index (κ3) is 6.11. The highest BCUT2D eigenvalue weighted by Gasteiger charge is 2.30. The van der Waals surface area contributed by atoms with Crippen molar-refractivity contribution in [2.75, 3.05) is 37.4 Å². The molecule has 4 aromatic rings. The molecule has 1 fully saturated rings. The average Bonchev–Trinajstić information content (AvgIpc) is 3.51. The van der Waals surface area contributed by atoms with Gasteiger partial charge in [-0.1, -0.05) is 18.2 Å². The molecule has 0 saturated carbocycles. The normalized spacial score (nSPS) is 16.6. The number of hydrogen-bond acceptors (Lipinski definition) is 6. The van der Waals surface area contributed by atoms with E-state index in [1.807, 2.05) is 35.2 Å². The molecule has 0 bridgehead atoms. The van der Waals surface area contributed by atoms with Crippen molar-refractivity contribution in [3.63, 3.8) is 0 Å². The van der Waals surface area contributed by atoms with E-state index >= 15 is 0 Å². The van der Waals surface area contributed by atoms with Gasteiger partial charge in [-0.2, -0.15) is 4.39 Å². The number of methoxy groups -OCH3 is 1. The summed E-state index contributed by atoms with van der Waals surface area (Å²) in [6, 6.07) is 11.9. The minimum Gasteiger partial charge on any atom is -0.494 e. The zero-order chi connectivity index (χ0) is 32.5. The molecule has 1 atom stereocenters. The third-order valence-corrected chi connectivity index (χ3v) is 10.2. The quantitative estimate of drug-likeness (QED) is 0.252. The number of amides is 2. The maximum atomic E-state index is 14.2. The van der Waals surface area contributed by atoms with Gasteiger partial charge >= 0.3 is 0 Å². The highest BCUT2D eigenvalue weighted by Crippen LogP contribution is 2.39. The number of halogens is 2. The van der Waals surface area contributed by atoms with Crippen LogP contribution >= 0.6 is 11.3 Å². The minimum atomic E-state index is -1.01. The number of nitrogens with one attached hydrogen (secondary N) is 2. The number of carbonyl (C=O) groups is 2. The molecule has 2 aliphatic rings. The van der Waals surface area contributed by atoms with E-state index in [0.717, 1.165) is 49.0 Å². The Kier molecular flexibility index (Phi) is 9.10. The van der Waals surface area contributed by atoms with Gasteiger partial charge < -0.3 is 15.4 Å². The Morgan fingerprint density at radius 2 is 1.83 bits per heavy atom. The number of thiophene rings is 1. The third-order valence-electron chi connectivity index (χ3n) is 9.03. The van der Waals surface area contributed by atoms with Crippen molar-refractivity contribution >= 4 is 33.8 Å². The molecule has 1 aliphatic carbocycles. The predicted octanol–water partition coefficient (Wildman–Crippen LogP) is 5.78. The molecule has 12 heteroatoms. The number of anilines is 2. The zero-order valence-corrected chi connectivity index (χ0v) is 26.9. The number of piperidine rings is 1. The summed E-state index contributed by atoms with van der Waals surface area (Å²) >= 11 is 1.42. The molecule has 1 unspecified atom stereocenters. The van der Waals surface area contributed by atoms with Crippen molar-refractivity contribution in [2.24, 2.45) is 7.05 Å². The second-order valence-electron chi connectivity index (χ2n) is 11.9. The first kappa shape index (κ1) is 31.7. The number of aryl methyl sites for hydroxylation is 1. The average molecular weight is 650 g/mol. The van der Waals surface area contributed by atoms with Crippen molar-refractivity contribution in [2.45, 2.75) is 51.4 Å². The van der Waals surface area contributed by atoms with Crippen LogP contribution in [0.25, 0.3) is 5.69 Å². The van der Waals surface area contributed by atoms with Gasteiger partial charge in [0.1, 0.15) is 10.7 Å². The molecular weight excluding hydrogens is 612 g/mol. The van der Waals surface area contributed by atoms with Gasteiger partial charge in [0.15, 0.2) is 11.6 Å². The number of aromatic nitrogens is 2. The molecule has 1 saturated heterocycles. The Bertz CT molecular complexity index is 1850. The monoisotopic (exact) mass is 649 g/mol. The Balaban J connectivity index is 1.21. The first-order chi connectivity index (χ1) is 22.2. The Labute approximate surface area is 269 Å². The Morgan fingerprint density at radius 1 is 1.07 bits per heavy atom. The molecule has 0 radical (unpaired) electrons. The largest absolute Gasteiger partial charge is 0.494 e. The van der Waals surface area contributed by atoms with Gasteiger partial charge in [0.05, 0.1) is 30.6 Å². The topological polar surface area (TPSA) is 97.6 Å². The second-order valence-corrected chi connectivity index (χ2v) is 13.1. The summed E-state index contributed by atoms with van der Waals surface area (Å²) in [4.78, 5) is 43.9. The van der Waals surface area contributed by atoms with Gasteiger partial charge in [0, 0.05) is 18.5 Å². The summed E-state index contributed by atoms with van der Waals surface area (Å²) in [7, 11) is 3.07. The standard InChI is InChI=1S/C34H37F2N5O4S/c1-20-31(34(44)41(39(20)2)23-11-5-4-6-12-23)38-32(43)29-24-13-7-8-14-27(24)46-33(29)37-28(42)19-40-15-9-10-21(18-40)22-16-25(35)30(36)26(17-22)45-3/h4-6,11-12,16-17,21H,7-10,13-15,18-19H2,1-3H3,(H,37,42)(H,38,43). The molecule has 242 valence electrons. The van der Waals surface area contributed by atoms with Crippen LogP contribution in [0.4, 0.5) is 19.5 Å². The van der Waals surface area contributed by atoms with Gasteiger partial charge in [-0.3, -0.25) is 24.0 Å². The molecule has 46 heavy (non-hydrogen) atoms. The summed E-state index contributed by atoms with van der Waals surface area (Å²) in [5, 5.41) is 6.36. The lowest BCUT2D eigenvalue weighted by Crippen LogP contribution is -2.39. The maximum Gasteiger partial charge on any atom is 0.295 e. The van der Waals surface area contributed by atoms with Gasteiger partial charge in [0.2, 0.25) is 11.7 Å². The molecule has 9 nitrogen and oxygen atoms in total. The number of rotatable bonds is 8. The van der Waals surface area contributed by atoms with Gasteiger partial charge in [-0.25, -0.2) is 9.07 Å². The van der Waals surface area contributed by atoms with E-state index in [9.17, 15) is 23.2 Å². The number of para-hydroxylation sites is 1. The lowest BCUT2D eigenvalue weighted by Gasteiger charge is -2.32. The van der Waals surface area contributed by atoms with Crippen LogP contribution in [0, 0.1) is 18.6 Å². The van der Waals surface area contributed by atoms with E-state index in [-0.39, 0.29) is 35.4 Å². The van der Waals surface area contributed by atoms with E-state index in [4.69, 9.17) is 4.74 Å². The fourth-order valence-corrected chi connectivity index (χ4v) is 7.89. The maximum absolute atomic E-state index is 14.2. The van der Waals surface area contributed by atoms with Crippen molar-refractivity contribution in [1.82, 2.24) is 14.3 Å². The van der Waals surface area contributed by atoms with Crippen LogP contribution in [-0.2, 0) is 24.7 Å².